The van der Waals surface area contributed by atoms with Gasteiger partial charge in [-0.1, -0.05) is 44.1 Å². The highest BCUT2D eigenvalue weighted by atomic mass is 16.5. The fourth-order valence-electron chi connectivity index (χ4n) is 2.61. The smallest absolute Gasteiger partial charge is 0.241 e. The Bertz CT molecular complexity index is 743. The zero-order chi connectivity index (χ0) is 19.8. The van der Waals surface area contributed by atoms with Crippen molar-refractivity contribution in [3.63, 3.8) is 0 Å². The van der Waals surface area contributed by atoms with Crippen LogP contribution in [0.2, 0.25) is 0 Å². The van der Waals surface area contributed by atoms with Gasteiger partial charge in [-0.3, -0.25) is 19.8 Å². The van der Waals surface area contributed by atoms with Crippen LogP contribution in [0.4, 0.5) is 11.6 Å². The predicted octanol–water partition coefficient (Wildman–Crippen LogP) is 3.48. The molecule has 2 aromatic rings. The number of carbonyl (C=O) groups is 2. The fraction of sp³-hybridized carbons (Fsp3) is 0.450. The molecule has 0 aliphatic carbocycles. The van der Waals surface area contributed by atoms with Gasteiger partial charge in [0.25, 0.3) is 0 Å². The zero-order valence-corrected chi connectivity index (χ0v) is 16.4. The first-order valence-corrected chi connectivity index (χ1v) is 9.27. The molecule has 1 unspecified atom stereocenters. The molecule has 0 fully saturated rings. The summed E-state index contributed by atoms with van der Waals surface area (Å²) >= 11 is 0. The van der Waals surface area contributed by atoms with Crippen molar-refractivity contribution in [2.24, 2.45) is 0 Å². The first-order chi connectivity index (χ1) is 12.9. The van der Waals surface area contributed by atoms with Crippen LogP contribution in [0.1, 0.15) is 45.7 Å². The van der Waals surface area contributed by atoms with Gasteiger partial charge < -0.3 is 9.84 Å². The molecule has 0 aliphatic rings. The lowest BCUT2D eigenvalue weighted by Crippen LogP contribution is -2.46. The van der Waals surface area contributed by atoms with Crippen LogP contribution >= 0.6 is 0 Å². The molecular weight excluding hydrogens is 344 g/mol. The van der Waals surface area contributed by atoms with E-state index in [-0.39, 0.29) is 24.3 Å². The minimum absolute atomic E-state index is 0.0922. The maximum absolute atomic E-state index is 12.5. The number of nitrogens with one attached hydrogen (secondary N) is 2. The van der Waals surface area contributed by atoms with Gasteiger partial charge in [0, 0.05) is 11.8 Å². The van der Waals surface area contributed by atoms with Gasteiger partial charge in [-0.05, 0) is 37.9 Å². The minimum atomic E-state index is -0.447. The standard InChI is InChI=1S/C20H28N4O3/c1-5-11-24(15(4)20(26)21-16-9-7-6-8-10-16)13-18(25)22-19-12-17(14(2)3)23-27-19/h6-10,12,14-15H,5,11,13H2,1-4H3,(H,21,26)(H,22,25). The van der Waals surface area contributed by atoms with Crippen LogP contribution in [0.15, 0.2) is 40.9 Å². The topological polar surface area (TPSA) is 87.5 Å². The SMILES string of the molecule is CCCN(CC(=O)Nc1cc(C(C)C)no1)C(C)C(=O)Nc1ccccc1. The molecule has 0 radical (unpaired) electrons. The highest BCUT2D eigenvalue weighted by Crippen LogP contribution is 2.17. The molecule has 0 saturated heterocycles. The number of carbonyl (C=O) groups excluding carboxylic acids is 2. The molecule has 7 heteroatoms. The first kappa shape index (κ1) is 20.6. The summed E-state index contributed by atoms with van der Waals surface area (Å²) in [4.78, 5) is 26.8. The van der Waals surface area contributed by atoms with Crippen LogP contribution in [0.3, 0.4) is 0 Å². The van der Waals surface area contributed by atoms with E-state index in [1.54, 1.807) is 13.0 Å². The summed E-state index contributed by atoms with van der Waals surface area (Å²) in [6, 6.07) is 10.5. The second-order valence-electron chi connectivity index (χ2n) is 6.82. The zero-order valence-electron chi connectivity index (χ0n) is 16.4. The van der Waals surface area contributed by atoms with Crippen LogP contribution in [0.5, 0.6) is 0 Å². The highest BCUT2D eigenvalue weighted by molar-refractivity contribution is 5.95. The molecule has 2 rings (SSSR count). The quantitative estimate of drug-likeness (QED) is 0.704. The molecule has 0 spiro atoms. The van der Waals surface area contributed by atoms with Crippen molar-refractivity contribution >= 4 is 23.4 Å². The van der Waals surface area contributed by atoms with Gasteiger partial charge in [0.2, 0.25) is 17.7 Å². The molecule has 146 valence electrons. The predicted molar refractivity (Wildman–Crippen MR) is 106 cm³/mol. The number of hydrogen-bond donors (Lipinski definition) is 2. The average Bonchev–Trinajstić information content (AvgIpc) is 3.10. The number of amides is 2. The second-order valence-corrected chi connectivity index (χ2v) is 6.82. The van der Waals surface area contributed by atoms with Crippen molar-refractivity contribution in [1.29, 1.82) is 0 Å². The molecule has 2 amide bonds. The van der Waals surface area contributed by atoms with E-state index in [2.05, 4.69) is 15.8 Å². The summed E-state index contributed by atoms with van der Waals surface area (Å²) in [6.07, 6.45) is 0.829. The van der Waals surface area contributed by atoms with Crippen molar-refractivity contribution in [2.45, 2.75) is 46.1 Å². The summed E-state index contributed by atoms with van der Waals surface area (Å²) in [5.74, 6) is 0.151. The maximum Gasteiger partial charge on any atom is 0.241 e. The largest absolute Gasteiger partial charge is 0.338 e. The van der Waals surface area contributed by atoms with Gasteiger partial charge in [-0.25, -0.2) is 0 Å². The second kappa shape index (κ2) is 9.87. The van der Waals surface area contributed by atoms with E-state index in [9.17, 15) is 9.59 Å². The third-order valence-corrected chi connectivity index (χ3v) is 4.21. The number of hydrogen-bond acceptors (Lipinski definition) is 5. The average molecular weight is 372 g/mol. The summed E-state index contributed by atoms with van der Waals surface area (Å²) < 4.78 is 5.15. The Balaban J connectivity index is 1.95. The van der Waals surface area contributed by atoms with Crippen LogP contribution in [0.25, 0.3) is 0 Å². The van der Waals surface area contributed by atoms with Crippen LogP contribution in [-0.4, -0.2) is 41.0 Å². The van der Waals surface area contributed by atoms with Gasteiger partial charge in [0.15, 0.2) is 0 Å². The Labute approximate surface area is 160 Å². The van der Waals surface area contributed by atoms with E-state index < -0.39 is 6.04 Å². The maximum atomic E-state index is 12.5. The highest BCUT2D eigenvalue weighted by Gasteiger charge is 2.23. The van der Waals surface area contributed by atoms with Gasteiger partial charge in [-0.2, -0.15) is 0 Å². The van der Waals surface area contributed by atoms with E-state index >= 15 is 0 Å². The number of para-hydroxylation sites is 1. The lowest BCUT2D eigenvalue weighted by atomic mass is 10.1. The lowest BCUT2D eigenvalue weighted by molar-refractivity contribution is -0.123. The third-order valence-electron chi connectivity index (χ3n) is 4.21. The molecule has 0 bridgehead atoms. The van der Waals surface area contributed by atoms with Crippen molar-refractivity contribution in [3.8, 4) is 0 Å². The van der Waals surface area contributed by atoms with Crippen LogP contribution in [-0.2, 0) is 9.59 Å². The fourth-order valence-corrected chi connectivity index (χ4v) is 2.61. The van der Waals surface area contributed by atoms with E-state index in [1.807, 2.05) is 56.0 Å². The number of benzene rings is 1. The Kier molecular flexibility index (Phi) is 7.55. The number of nitrogens with zero attached hydrogens (tertiary/aromatic N) is 2. The number of rotatable bonds is 9. The lowest BCUT2D eigenvalue weighted by Gasteiger charge is -2.27. The Hall–Kier alpha value is -2.67. The van der Waals surface area contributed by atoms with Gasteiger partial charge >= 0.3 is 0 Å². The molecule has 0 aliphatic heterocycles. The van der Waals surface area contributed by atoms with Crippen molar-refractivity contribution in [3.05, 3.63) is 42.1 Å². The van der Waals surface area contributed by atoms with Gasteiger partial charge in [0.1, 0.15) is 0 Å². The van der Waals surface area contributed by atoms with Crippen molar-refractivity contribution < 1.29 is 14.1 Å². The summed E-state index contributed by atoms with van der Waals surface area (Å²) in [5, 5.41) is 9.51. The van der Waals surface area contributed by atoms with Crippen molar-refractivity contribution in [2.75, 3.05) is 23.7 Å². The molecule has 1 atom stereocenters. The van der Waals surface area contributed by atoms with Gasteiger partial charge in [-0.15, -0.1) is 0 Å². The molecule has 0 saturated carbocycles. The normalized spacial score (nSPS) is 12.2. The molecule has 2 N–H and O–H groups in total. The number of aromatic nitrogens is 1. The molecule has 1 heterocycles. The molecule has 27 heavy (non-hydrogen) atoms. The first-order valence-electron chi connectivity index (χ1n) is 9.27. The summed E-state index contributed by atoms with van der Waals surface area (Å²) in [5.41, 5.74) is 1.52. The molecule has 1 aromatic heterocycles. The number of anilines is 2. The Morgan fingerprint density at radius 3 is 2.44 bits per heavy atom. The van der Waals surface area contributed by atoms with E-state index in [4.69, 9.17) is 4.52 Å². The van der Waals surface area contributed by atoms with Crippen LogP contribution < -0.4 is 10.6 Å². The summed E-state index contributed by atoms with van der Waals surface area (Å²) in [6.45, 7) is 8.53. The molecule has 1 aromatic carbocycles. The monoisotopic (exact) mass is 372 g/mol. The summed E-state index contributed by atoms with van der Waals surface area (Å²) in [7, 11) is 0. The molecule has 7 nitrogen and oxygen atoms in total. The van der Waals surface area contributed by atoms with E-state index in [0.717, 1.165) is 17.8 Å². The minimum Gasteiger partial charge on any atom is -0.338 e. The Morgan fingerprint density at radius 1 is 1.15 bits per heavy atom. The third kappa shape index (κ3) is 6.21. The van der Waals surface area contributed by atoms with Crippen LogP contribution in [0, 0.1) is 0 Å². The van der Waals surface area contributed by atoms with Crippen molar-refractivity contribution in [1.82, 2.24) is 10.1 Å². The Morgan fingerprint density at radius 2 is 1.85 bits per heavy atom. The van der Waals surface area contributed by atoms with Gasteiger partial charge in [0.05, 0.1) is 18.3 Å². The van der Waals surface area contributed by atoms with E-state index in [1.165, 1.54) is 0 Å². The molecular formula is C20H28N4O3. The van der Waals surface area contributed by atoms with E-state index in [0.29, 0.717) is 12.4 Å².